The van der Waals surface area contributed by atoms with Gasteiger partial charge in [-0.3, -0.25) is 0 Å². The number of carbonyl (C=O) groups is 1. The van der Waals surface area contributed by atoms with Crippen molar-refractivity contribution in [3.05, 3.63) is 65.9 Å². The van der Waals surface area contributed by atoms with E-state index in [0.29, 0.717) is 12.4 Å². The molecule has 0 aliphatic rings. The Bertz CT molecular complexity index is 932. The number of esters is 1. The summed E-state index contributed by atoms with van der Waals surface area (Å²) in [5.74, 6) is 0.277. The van der Waals surface area contributed by atoms with E-state index in [1.165, 1.54) is 16.5 Å². The third-order valence-electron chi connectivity index (χ3n) is 4.88. The zero-order valence-electron chi connectivity index (χ0n) is 17.5. The van der Waals surface area contributed by atoms with Crippen LogP contribution in [0.5, 0.6) is 5.75 Å². The Morgan fingerprint density at radius 1 is 1.07 bits per heavy atom. The first-order valence-corrected chi connectivity index (χ1v) is 10.2. The van der Waals surface area contributed by atoms with Crippen LogP contribution in [0.25, 0.3) is 10.9 Å². The van der Waals surface area contributed by atoms with Crippen LogP contribution < -0.4 is 10.1 Å². The van der Waals surface area contributed by atoms with Gasteiger partial charge in [0.05, 0.1) is 6.61 Å². The molecule has 0 unspecified atom stereocenters. The second-order valence-electron chi connectivity index (χ2n) is 7.59. The lowest BCUT2D eigenvalue weighted by molar-refractivity contribution is -0.158. The Morgan fingerprint density at radius 3 is 2.59 bits per heavy atom. The molecule has 0 fully saturated rings. The molecular formula is C24H30N2O3. The fraction of sp³-hybridized carbons (Fsp3) is 0.375. The van der Waals surface area contributed by atoms with E-state index >= 15 is 0 Å². The summed E-state index contributed by atoms with van der Waals surface area (Å²) >= 11 is 0. The molecule has 0 atom stereocenters. The maximum Gasteiger partial charge on any atom is 0.349 e. The van der Waals surface area contributed by atoms with Gasteiger partial charge in [-0.05, 0) is 70.0 Å². The predicted molar refractivity (Wildman–Crippen MR) is 116 cm³/mol. The van der Waals surface area contributed by atoms with Gasteiger partial charge in [0.25, 0.3) is 0 Å². The molecule has 0 spiro atoms. The number of aromatic nitrogens is 1. The first-order chi connectivity index (χ1) is 14.0. The molecule has 29 heavy (non-hydrogen) atoms. The monoisotopic (exact) mass is 394 g/mol. The highest BCUT2D eigenvalue weighted by molar-refractivity contribution is 5.85. The predicted octanol–water partition coefficient (Wildman–Crippen LogP) is 4.26. The van der Waals surface area contributed by atoms with E-state index in [4.69, 9.17) is 9.47 Å². The van der Waals surface area contributed by atoms with E-state index in [-0.39, 0.29) is 5.97 Å². The Hall–Kier alpha value is -2.79. The summed E-state index contributed by atoms with van der Waals surface area (Å²) in [6.07, 6.45) is 4.03. The Kier molecular flexibility index (Phi) is 6.94. The molecule has 0 radical (unpaired) electrons. The van der Waals surface area contributed by atoms with E-state index in [9.17, 15) is 4.79 Å². The maximum atomic E-state index is 12.0. The summed E-state index contributed by atoms with van der Waals surface area (Å²) in [7, 11) is 0. The van der Waals surface area contributed by atoms with Gasteiger partial charge in [0, 0.05) is 23.2 Å². The van der Waals surface area contributed by atoms with E-state index in [1.807, 2.05) is 30.5 Å². The quantitative estimate of drug-likeness (QED) is 0.398. The number of benzene rings is 2. The number of H-pyrrole nitrogens is 1. The minimum absolute atomic E-state index is 0.337. The fourth-order valence-corrected chi connectivity index (χ4v) is 3.30. The number of rotatable bonds is 10. The van der Waals surface area contributed by atoms with Crippen molar-refractivity contribution in [1.29, 1.82) is 0 Å². The van der Waals surface area contributed by atoms with Crippen LogP contribution in [-0.2, 0) is 22.4 Å². The van der Waals surface area contributed by atoms with Crippen LogP contribution in [-0.4, -0.2) is 36.3 Å². The largest absolute Gasteiger partial charge is 0.476 e. The number of fused-ring (bicyclic) bond motifs is 1. The number of nitrogens with one attached hydrogen (secondary N) is 2. The summed E-state index contributed by atoms with van der Waals surface area (Å²) in [6, 6.07) is 16.4. The molecule has 2 aromatic carbocycles. The molecule has 2 N–H and O–H groups in total. The lowest BCUT2D eigenvalue weighted by Crippen LogP contribution is -2.39. The van der Waals surface area contributed by atoms with Crippen molar-refractivity contribution in [1.82, 2.24) is 10.3 Å². The Labute approximate surface area is 172 Å². The second-order valence-corrected chi connectivity index (χ2v) is 7.59. The molecule has 0 amide bonds. The summed E-state index contributed by atoms with van der Waals surface area (Å²) < 4.78 is 11.0. The van der Waals surface area contributed by atoms with Gasteiger partial charge in [0.1, 0.15) is 5.75 Å². The lowest BCUT2D eigenvalue weighted by Gasteiger charge is -2.24. The van der Waals surface area contributed by atoms with Crippen molar-refractivity contribution in [2.75, 3.05) is 19.7 Å². The van der Waals surface area contributed by atoms with E-state index in [0.717, 1.165) is 31.4 Å². The van der Waals surface area contributed by atoms with Crippen LogP contribution in [0.1, 0.15) is 31.9 Å². The summed E-state index contributed by atoms with van der Waals surface area (Å²) in [5, 5.41) is 4.69. The SMILES string of the molecule is CCOC(=O)C(C)(C)Oc1ccc2c(CCNCCc3ccccc3)c[nH]c2c1. The average Bonchev–Trinajstić information content (AvgIpc) is 3.10. The Balaban J connectivity index is 1.54. The fourth-order valence-electron chi connectivity index (χ4n) is 3.30. The van der Waals surface area contributed by atoms with Crippen LogP contribution >= 0.6 is 0 Å². The third kappa shape index (κ3) is 5.61. The second kappa shape index (κ2) is 9.61. The molecular weight excluding hydrogens is 364 g/mol. The third-order valence-corrected chi connectivity index (χ3v) is 4.88. The number of ether oxygens (including phenoxy) is 2. The van der Waals surface area contributed by atoms with Gasteiger partial charge in [-0.25, -0.2) is 4.79 Å². The lowest BCUT2D eigenvalue weighted by atomic mass is 10.1. The Morgan fingerprint density at radius 2 is 1.83 bits per heavy atom. The molecule has 0 saturated heterocycles. The molecule has 1 heterocycles. The number of hydrogen-bond acceptors (Lipinski definition) is 4. The van der Waals surface area contributed by atoms with Crippen LogP contribution in [0.4, 0.5) is 0 Å². The van der Waals surface area contributed by atoms with Gasteiger partial charge < -0.3 is 19.8 Å². The molecule has 0 bridgehead atoms. The van der Waals surface area contributed by atoms with Crippen LogP contribution in [0.2, 0.25) is 0 Å². The first kappa shape index (κ1) is 20.9. The highest BCUT2D eigenvalue weighted by Gasteiger charge is 2.31. The molecule has 1 aromatic heterocycles. The zero-order valence-corrected chi connectivity index (χ0v) is 17.5. The molecule has 0 aliphatic heterocycles. The minimum Gasteiger partial charge on any atom is -0.476 e. The van der Waals surface area contributed by atoms with E-state index in [1.54, 1.807) is 20.8 Å². The summed E-state index contributed by atoms with van der Waals surface area (Å²) in [6.45, 7) is 7.45. The smallest absolute Gasteiger partial charge is 0.349 e. The van der Waals surface area contributed by atoms with Crippen molar-refractivity contribution in [3.63, 3.8) is 0 Å². The summed E-state index contributed by atoms with van der Waals surface area (Å²) in [4.78, 5) is 15.3. The first-order valence-electron chi connectivity index (χ1n) is 10.2. The van der Waals surface area contributed by atoms with Gasteiger partial charge >= 0.3 is 5.97 Å². The molecule has 5 nitrogen and oxygen atoms in total. The summed E-state index contributed by atoms with van der Waals surface area (Å²) in [5.41, 5.74) is 2.59. The molecule has 5 heteroatoms. The van der Waals surface area contributed by atoms with Crippen molar-refractivity contribution >= 4 is 16.9 Å². The maximum absolute atomic E-state index is 12.0. The van der Waals surface area contributed by atoms with Gasteiger partial charge in [-0.2, -0.15) is 0 Å². The van der Waals surface area contributed by atoms with Crippen molar-refractivity contribution < 1.29 is 14.3 Å². The van der Waals surface area contributed by atoms with Crippen molar-refractivity contribution in [2.45, 2.75) is 39.2 Å². The molecule has 3 rings (SSSR count). The van der Waals surface area contributed by atoms with E-state index in [2.05, 4.69) is 34.6 Å². The number of carbonyl (C=O) groups excluding carboxylic acids is 1. The van der Waals surface area contributed by atoms with Crippen molar-refractivity contribution in [3.8, 4) is 5.75 Å². The van der Waals surface area contributed by atoms with Gasteiger partial charge in [0.2, 0.25) is 0 Å². The number of aromatic amines is 1. The van der Waals surface area contributed by atoms with Crippen LogP contribution in [0, 0.1) is 0 Å². The van der Waals surface area contributed by atoms with Crippen molar-refractivity contribution in [2.24, 2.45) is 0 Å². The standard InChI is InChI=1S/C24H30N2O3/c1-4-28-23(27)24(2,3)29-20-10-11-21-19(17-26-22(21)16-20)13-15-25-14-12-18-8-6-5-7-9-18/h5-11,16-17,25-26H,4,12-15H2,1-3H3. The molecule has 154 valence electrons. The van der Waals surface area contributed by atoms with Gasteiger partial charge in [-0.1, -0.05) is 30.3 Å². The average molecular weight is 395 g/mol. The number of hydrogen-bond donors (Lipinski definition) is 2. The highest BCUT2D eigenvalue weighted by Crippen LogP contribution is 2.26. The molecule has 0 saturated carbocycles. The molecule has 3 aromatic rings. The minimum atomic E-state index is -1.03. The van der Waals surface area contributed by atoms with Gasteiger partial charge in [0.15, 0.2) is 5.60 Å². The molecule has 0 aliphatic carbocycles. The van der Waals surface area contributed by atoms with Crippen LogP contribution in [0.15, 0.2) is 54.7 Å². The van der Waals surface area contributed by atoms with Gasteiger partial charge in [-0.15, -0.1) is 0 Å². The van der Waals surface area contributed by atoms with E-state index < -0.39 is 5.60 Å². The normalized spacial score (nSPS) is 11.6. The highest BCUT2D eigenvalue weighted by atomic mass is 16.6. The topological polar surface area (TPSA) is 63.4 Å². The van der Waals surface area contributed by atoms with Crippen LogP contribution in [0.3, 0.4) is 0 Å². The zero-order chi connectivity index (χ0) is 20.7.